The Hall–Kier alpha value is -4.19. The molecule has 3 aromatic carbocycles. The van der Waals surface area contributed by atoms with Crippen molar-refractivity contribution in [3.63, 3.8) is 0 Å². The molecule has 0 aliphatic rings. The molecule has 0 spiro atoms. The minimum atomic E-state index is -0.204. The number of aromatic nitrogens is 2. The molecule has 2 N–H and O–H groups in total. The average Bonchev–Trinajstić information content (AvgIpc) is 3.36. The van der Waals surface area contributed by atoms with Crippen molar-refractivity contribution in [3.05, 3.63) is 114 Å². The zero-order valence-electron chi connectivity index (χ0n) is 17.8. The number of nitrogens with one attached hydrogen (secondary N) is 2. The van der Waals surface area contributed by atoms with Crippen molar-refractivity contribution in [1.29, 1.82) is 0 Å². The van der Waals surface area contributed by atoms with Gasteiger partial charge >= 0.3 is 0 Å². The van der Waals surface area contributed by atoms with Crippen LogP contribution in [-0.4, -0.2) is 28.1 Å². The average molecular weight is 425 g/mol. The van der Waals surface area contributed by atoms with E-state index < -0.39 is 0 Å². The van der Waals surface area contributed by atoms with Gasteiger partial charge in [0, 0.05) is 35.8 Å². The highest BCUT2D eigenvalue weighted by atomic mass is 16.2. The number of hydrogen-bond donors (Lipinski definition) is 2. The van der Waals surface area contributed by atoms with Crippen molar-refractivity contribution >= 4 is 17.5 Å². The minimum Gasteiger partial charge on any atom is -0.352 e. The number of amides is 2. The summed E-state index contributed by atoms with van der Waals surface area (Å²) in [5, 5.41) is 10.1. The predicted octanol–water partition coefficient (Wildman–Crippen LogP) is 4.41. The van der Waals surface area contributed by atoms with Crippen LogP contribution in [0.25, 0.3) is 5.69 Å². The van der Waals surface area contributed by atoms with Gasteiger partial charge in [-0.2, -0.15) is 5.10 Å². The summed E-state index contributed by atoms with van der Waals surface area (Å²) in [5.41, 5.74) is 4.71. The third-order valence-corrected chi connectivity index (χ3v) is 5.19. The molecule has 0 unspecified atom stereocenters. The van der Waals surface area contributed by atoms with E-state index in [1.807, 2.05) is 67.7 Å². The van der Waals surface area contributed by atoms with E-state index >= 15 is 0 Å². The molecule has 6 heteroatoms. The SMILES string of the molecule is Cc1ccc(C(=O)NCCc2ccc(-n3cccn3)cc2)cc1NC(=O)c1ccccc1. The molecule has 0 saturated heterocycles. The maximum Gasteiger partial charge on any atom is 0.255 e. The Labute approximate surface area is 186 Å². The fraction of sp³-hybridized carbons (Fsp3) is 0.115. The van der Waals surface area contributed by atoms with Gasteiger partial charge in [-0.1, -0.05) is 36.4 Å². The fourth-order valence-corrected chi connectivity index (χ4v) is 3.34. The highest BCUT2D eigenvalue weighted by Gasteiger charge is 2.11. The van der Waals surface area contributed by atoms with Gasteiger partial charge in [0.25, 0.3) is 11.8 Å². The van der Waals surface area contributed by atoms with Crippen molar-refractivity contribution in [3.8, 4) is 5.69 Å². The quantitative estimate of drug-likeness (QED) is 0.462. The van der Waals surface area contributed by atoms with Gasteiger partial charge in [-0.15, -0.1) is 0 Å². The van der Waals surface area contributed by atoms with E-state index in [-0.39, 0.29) is 11.8 Å². The molecule has 1 heterocycles. The molecule has 0 saturated carbocycles. The summed E-state index contributed by atoms with van der Waals surface area (Å²) in [5.74, 6) is -0.377. The van der Waals surface area contributed by atoms with Crippen LogP contribution in [0, 0.1) is 6.92 Å². The van der Waals surface area contributed by atoms with Crippen LogP contribution >= 0.6 is 0 Å². The van der Waals surface area contributed by atoms with Gasteiger partial charge in [-0.05, 0) is 66.9 Å². The summed E-state index contributed by atoms with van der Waals surface area (Å²) >= 11 is 0. The van der Waals surface area contributed by atoms with E-state index in [0.717, 1.165) is 16.8 Å². The molecule has 1 aromatic heterocycles. The van der Waals surface area contributed by atoms with Crippen molar-refractivity contribution in [2.24, 2.45) is 0 Å². The molecule has 4 rings (SSSR count). The molecule has 160 valence electrons. The van der Waals surface area contributed by atoms with E-state index in [1.54, 1.807) is 35.1 Å². The molecular weight excluding hydrogens is 400 g/mol. The zero-order chi connectivity index (χ0) is 22.3. The van der Waals surface area contributed by atoms with Gasteiger partial charge in [-0.25, -0.2) is 4.68 Å². The number of aryl methyl sites for hydroxylation is 1. The van der Waals surface area contributed by atoms with Crippen molar-refractivity contribution < 1.29 is 9.59 Å². The Morgan fingerprint density at radius 2 is 1.66 bits per heavy atom. The van der Waals surface area contributed by atoms with Gasteiger partial charge in [-0.3, -0.25) is 9.59 Å². The Bertz CT molecular complexity index is 1200. The third-order valence-electron chi connectivity index (χ3n) is 5.19. The van der Waals surface area contributed by atoms with Crippen LogP contribution in [0.1, 0.15) is 31.8 Å². The molecule has 0 atom stereocenters. The maximum atomic E-state index is 12.6. The normalized spacial score (nSPS) is 10.5. The predicted molar refractivity (Wildman–Crippen MR) is 125 cm³/mol. The topological polar surface area (TPSA) is 76.0 Å². The number of carbonyl (C=O) groups is 2. The Balaban J connectivity index is 1.34. The highest BCUT2D eigenvalue weighted by Crippen LogP contribution is 2.18. The second-order valence-corrected chi connectivity index (χ2v) is 7.47. The molecule has 0 fully saturated rings. The van der Waals surface area contributed by atoms with E-state index in [2.05, 4.69) is 15.7 Å². The number of anilines is 1. The van der Waals surface area contributed by atoms with Crippen molar-refractivity contribution in [2.45, 2.75) is 13.3 Å². The second-order valence-electron chi connectivity index (χ2n) is 7.47. The number of carbonyl (C=O) groups excluding carboxylic acids is 2. The first-order valence-corrected chi connectivity index (χ1v) is 10.4. The minimum absolute atomic E-state index is 0.173. The number of benzene rings is 3. The molecule has 0 bridgehead atoms. The fourth-order valence-electron chi connectivity index (χ4n) is 3.34. The molecule has 0 aliphatic heterocycles. The summed E-state index contributed by atoms with van der Waals surface area (Å²) in [6.07, 6.45) is 4.36. The molecule has 0 radical (unpaired) electrons. The largest absolute Gasteiger partial charge is 0.352 e. The van der Waals surface area contributed by atoms with Crippen LogP contribution in [-0.2, 0) is 6.42 Å². The molecule has 4 aromatic rings. The molecule has 32 heavy (non-hydrogen) atoms. The van der Waals surface area contributed by atoms with Crippen LogP contribution in [0.2, 0.25) is 0 Å². The van der Waals surface area contributed by atoms with E-state index in [9.17, 15) is 9.59 Å². The standard InChI is InChI=1S/C26H24N4O2/c1-19-8-11-22(18-24(19)29-26(32)21-6-3-2-4-7-21)25(31)27-16-14-20-9-12-23(13-10-20)30-17-5-15-28-30/h2-13,15,17-18H,14,16H2,1H3,(H,27,31)(H,29,32). The van der Waals surface area contributed by atoms with E-state index in [0.29, 0.717) is 29.8 Å². The number of hydrogen-bond acceptors (Lipinski definition) is 3. The van der Waals surface area contributed by atoms with Gasteiger partial charge < -0.3 is 10.6 Å². The van der Waals surface area contributed by atoms with Crippen LogP contribution in [0.4, 0.5) is 5.69 Å². The van der Waals surface area contributed by atoms with Crippen LogP contribution in [0.5, 0.6) is 0 Å². The molecule has 2 amide bonds. The summed E-state index contributed by atoms with van der Waals surface area (Å²) in [7, 11) is 0. The Kier molecular flexibility index (Phi) is 6.41. The highest BCUT2D eigenvalue weighted by molar-refractivity contribution is 6.05. The second kappa shape index (κ2) is 9.75. The first-order chi connectivity index (χ1) is 15.6. The van der Waals surface area contributed by atoms with Gasteiger partial charge in [0.05, 0.1) is 5.69 Å². The lowest BCUT2D eigenvalue weighted by Gasteiger charge is -2.11. The number of rotatable bonds is 7. The molecule has 0 aliphatic carbocycles. The van der Waals surface area contributed by atoms with Crippen molar-refractivity contribution in [1.82, 2.24) is 15.1 Å². The summed E-state index contributed by atoms with van der Waals surface area (Å²) < 4.78 is 1.80. The lowest BCUT2D eigenvalue weighted by Crippen LogP contribution is -2.26. The van der Waals surface area contributed by atoms with Crippen molar-refractivity contribution in [2.75, 3.05) is 11.9 Å². The first-order valence-electron chi connectivity index (χ1n) is 10.4. The summed E-state index contributed by atoms with van der Waals surface area (Å²) in [4.78, 5) is 25.1. The van der Waals surface area contributed by atoms with E-state index in [1.165, 1.54) is 0 Å². The zero-order valence-corrected chi connectivity index (χ0v) is 17.8. The maximum absolute atomic E-state index is 12.6. The third kappa shape index (κ3) is 5.10. The van der Waals surface area contributed by atoms with Crippen LogP contribution < -0.4 is 10.6 Å². The first kappa shape index (κ1) is 21.1. The Morgan fingerprint density at radius 1 is 0.875 bits per heavy atom. The smallest absolute Gasteiger partial charge is 0.255 e. The van der Waals surface area contributed by atoms with Crippen LogP contribution in [0.15, 0.2) is 91.3 Å². The monoisotopic (exact) mass is 424 g/mol. The van der Waals surface area contributed by atoms with Crippen LogP contribution in [0.3, 0.4) is 0 Å². The Morgan fingerprint density at radius 3 is 2.38 bits per heavy atom. The number of nitrogens with zero attached hydrogens (tertiary/aromatic N) is 2. The summed E-state index contributed by atoms with van der Waals surface area (Å²) in [6, 6.07) is 24.3. The molecule has 6 nitrogen and oxygen atoms in total. The van der Waals surface area contributed by atoms with Gasteiger partial charge in [0.1, 0.15) is 0 Å². The van der Waals surface area contributed by atoms with Gasteiger partial charge in [0.2, 0.25) is 0 Å². The summed E-state index contributed by atoms with van der Waals surface area (Å²) in [6.45, 7) is 2.41. The lowest BCUT2D eigenvalue weighted by molar-refractivity contribution is 0.0952. The van der Waals surface area contributed by atoms with E-state index in [4.69, 9.17) is 0 Å². The molecular formula is C26H24N4O2. The lowest BCUT2D eigenvalue weighted by atomic mass is 10.1. The van der Waals surface area contributed by atoms with Gasteiger partial charge in [0.15, 0.2) is 0 Å².